The maximum absolute atomic E-state index is 11.5. The molecule has 0 spiro atoms. The predicted octanol–water partition coefficient (Wildman–Crippen LogP) is -2.07. The van der Waals surface area contributed by atoms with Crippen LogP contribution in [0, 0.1) is 0 Å². The molecule has 0 aromatic rings. The van der Waals surface area contributed by atoms with Crippen molar-refractivity contribution in [3.63, 3.8) is 0 Å². The number of rotatable bonds is 6. The first-order valence-corrected chi connectivity index (χ1v) is 8.11. The first-order valence-electron chi connectivity index (χ1n) is 6.29. The smallest absolute Gasteiger partial charge is 0.239 e. The van der Waals surface area contributed by atoms with Gasteiger partial charge >= 0.3 is 0 Å². The Bertz CT molecular complexity index is 488. The summed E-state index contributed by atoms with van der Waals surface area (Å²) in [5, 5.41) is 7.43. The standard InChI is InChI=1S/C11H19N3O5S/c1-8(15)12-4-2-10(16)13-6-11(17)14-9-3-5-20(18,19)7-9/h9H,2-7H2,1H3,(H,12,15)(H,13,16)(H,14,17). The molecule has 0 aromatic carbocycles. The summed E-state index contributed by atoms with van der Waals surface area (Å²) in [7, 11) is -3.03. The Morgan fingerprint density at radius 2 is 1.85 bits per heavy atom. The van der Waals surface area contributed by atoms with Crippen molar-refractivity contribution in [2.24, 2.45) is 0 Å². The Hall–Kier alpha value is -1.64. The van der Waals surface area contributed by atoms with Crippen LogP contribution >= 0.6 is 0 Å². The van der Waals surface area contributed by atoms with Gasteiger partial charge in [-0.1, -0.05) is 0 Å². The van der Waals surface area contributed by atoms with E-state index in [4.69, 9.17) is 0 Å². The molecule has 1 heterocycles. The topological polar surface area (TPSA) is 121 Å². The van der Waals surface area contributed by atoms with Crippen molar-refractivity contribution in [2.45, 2.75) is 25.8 Å². The van der Waals surface area contributed by atoms with Gasteiger partial charge in [-0.15, -0.1) is 0 Å². The number of carbonyl (C=O) groups excluding carboxylic acids is 3. The van der Waals surface area contributed by atoms with Crippen molar-refractivity contribution >= 4 is 27.6 Å². The van der Waals surface area contributed by atoms with Crippen LogP contribution in [0.3, 0.4) is 0 Å². The van der Waals surface area contributed by atoms with Gasteiger partial charge < -0.3 is 16.0 Å². The summed E-state index contributed by atoms with van der Waals surface area (Å²) in [5.41, 5.74) is 0. The molecule has 1 unspecified atom stereocenters. The number of nitrogens with one attached hydrogen (secondary N) is 3. The van der Waals surface area contributed by atoms with Crippen LogP contribution in [0.4, 0.5) is 0 Å². The van der Waals surface area contributed by atoms with E-state index < -0.39 is 15.7 Å². The van der Waals surface area contributed by atoms with Crippen LogP contribution in [-0.4, -0.2) is 56.8 Å². The van der Waals surface area contributed by atoms with E-state index >= 15 is 0 Å². The van der Waals surface area contributed by atoms with E-state index in [2.05, 4.69) is 16.0 Å². The highest BCUT2D eigenvalue weighted by Gasteiger charge is 2.28. The summed E-state index contributed by atoms with van der Waals surface area (Å²) >= 11 is 0. The van der Waals surface area contributed by atoms with Gasteiger partial charge in [-0.2, -0.15) is 0 Å². The highest BCUT2D eigenvalue weighted by atomic mass is 32.2. The monoisotopic (exact) mass is 305 g/mol. The molecule has 0 aliphatic carbocycles. The minimum absolute atomic E-state index is 0.0464. The summed E-state index contributed by atoms with van der Waals surface area (Å²) in [6.45, 7) is 1.36. The molecular formula is C11H19N3O5S. The highest BCUT2D eigenvalue weighted by Crippen LogP contribution is 2.10. The van der Waals surface area contributed by atoms with Gasteiger partial charge in [0, 0.05) is 25.9 Å². The Balaban J connectivity index is 2.17. The maximum Gasteiger partial charge on any atom is 0.239 e. The lowest BCUT2D eigenvalue weighted by Gasteiger charge is -2.11. The largest absolute Gasteiger partial charge is 0.356 e. The van der Waals surface area contributed by atoms with Gasteiger partial charge in [-0.3, -0.25) is 14.4 Å². The normalized spacial score (nSPS) is 20.1. The second-order valence-corrected chi connectivity index (χ2v) is 6.91. The van der Waals surface area contributed by atoms with Crippen molar-refractivity contribution in [3.05, 3.63) is 0 Å². The molecule has 1 rings (SSSR count). The van der Waals surface area contributed by atoms with Crippen LogP contribution in [0.2, 0.25) is 0 Å². The molecule has 3 N–H and O–H groups in total. The lowest BCUT2D eigenvalue weighted by atomic mass is 10.2. The van der Waals surface area contributed by atoms with Crippen molar-refractivity contribution in [1.82, 2.24) is 16.0 Å². The zero-order valence-electron chi connectivity index (χ0n) is 11.3. The Morgan fingerprint density at radius 3 is 2.40 bits per heavy atom. The number of hydrogen-bond donors (Lipinski definition) is 3. The number of sulfone groups is 1. The maximum atomic E-state index is 11.5. The van der Waals surface area contributed by atoms with Crippen LogP contribution in [0.15, 0.2) is 0 Å². The molecule has 1 atom stereocenters. The van der Waals surface area contributed by atoms with Crippen molar-refractivity contribution in [2.75, 3.05) is 24.6 Å². The average molecular weight is 305 g/mol. The molecule has 3 amide bonds. The van der Waals surface area contributed by atoms with Crippen LogP contribution < -0.4 is 16.0 Å². The molecule has 1 fully saturated rings. The molecule has 8 nitrogen and oxygen atoms in total. The Morgan fingerprint density at radius 1 is 1.15 bits per heavy atom. The fourth-order valence-electron chi connectivity index (χ4n) is 1.81. The summed E-state index contributed by atoms with van der Waals surface area (Å²) in [4.78, 5) is 33.4. The molecule has 0 saturated carbocycles. The third kappa shape index (κ3) is 6.50. The molecule has 20 heavy (non-hydrogen) atoms. The zero-order chi connectivity index (χ0) is 15.2. The molecule has 0 bridgehead atoms. The first-order chi connectivity index (χ1) is 9.28. The third-order valence-electron chi connectivity index (χ3n) is 2.77. The van der Waals surface area contributed by atoms with Gasteiger partial charge in [0.25, 0.3) is 0 Å². The van der Waals surface area contributed by atoms with E-state index in [1.54, 1.807) is 0 Å². The van der Waals surface area contributed by atoms with E-state index in [9.17, 15) is 22.8 Å². The number of amides is 3. The van der Waals surface area contributed by atoms with Gasteiger partial charge in [0.15, 0.2) is 9.84 Å². The van der Waals surface area contributed by atoms with Crippen LogP contribution in [0.25, 0.3) is 0 Å². The van der Waals surface area contributed by atoms with Crippen molar-refractivity contribution < 1.29 is 22.8 Å². The van der Waals surface area contributed by atoms with Crippen molar-refractivity contribution in [3.8, 4) is 0 Å². The van der Waals surface area contributed by atoms with E-state index in [1.807, 2.05) is 0 Å². The minimum Gasteiger partial charge on any atom is -0.356 e. The predicted molar refractivity (Wildman–Crippen MR) is 71.5 cm³/mol. The second-order valence-electron chi connectivity index (χ2n) is 4.68. The van der Waals surface area contributed by atoms with E-state index in [0.29, 0.717) is 6.42 Å². The van der Waals surface area contributed by atoms with Gasteiger partial charge in [0.1, 0.15) is 0 Å². The molecular weight excluding hydrogens is 286 g/mol. The second kappa shape index (κ2) is 7.22. The SMILES string of the molecule is CC(=O)NCCC(=O)NCC(=O)NC1CCS(=O)(=O)C1. The average Bonchev–Trinajstić information content (AvgIpc) is 2.65. The molecule has 1 aliphatic rings. The summed E-state index contributed by atoms with van der Waals surface area (Å²) in [6, 6.07) is -0.371. The molecule has 1 aliphatic heterocycles. The third-order valence-corrected chi connectivity index (χ3v) is 4.54. The molecule has 9 heteroatoms. The van der Waals surface area contributed by atoms with Crippen LogP contribution in [0.1, 0.15) is 19.8 Å². The fraction of sp³-hybridized carbons (Fsp3) is 0.727. The van der Waals surface area contributed by atoms with Crippen molar-refractivity contribution in [1.29, 1.82) is 0 Å². The Labute approximate surface area is 117 Å². The lowest BCUT2D eigenvalue weighted by Crippen LogP contribution is -2.42. The minimum atomic E-state index is -3.03. The molecule has 0 aromatic heterocycles. The molecule has 0 radical (unpaired) electrons. The molecule has 114 valence electrons. The van der Waals surface area contributed by atoms with Crippen LogP contribution in [-0.2, 0) is 24.2 Å². The quantitative estimate of drug-likeness (QED) is 0.520. The molecule has 1 saturated heterocycles. The number of carbonyl (C=O) groups is 3. The van der Waals surface area contributed by atoms with E-state index in [1.165, 1.54) is 6.92 Å². The summed E-state index contributed by atoms with van der Waals surface area (Å²) in [6.07, 6.45) is 0.495. The fourth-order valence-corrected chi connectivity index (χ4v) is 3.48. The first kappa shape index (κ1) is 16.4. The van der Waals surface area contributed by atoms with Gasteiger partial charge in [0.2, 0.25) is 17.7 Å². The lowest BCUT2D eigenvalue weighted by molar-refractivity contribution is -0.126. The van der Waals surface area contributed by atoms with E-state index in [0.717, 1.165) is 0 Å². The summed E-state index contributed by atoms with van der Waals surface area (Å²) < 4.78 is 22.4. The summed E-state index contributed by atoms with van der Waals surface area (Å²) in [5.74, 6) is -0.957. The van der Waals surface area contributed by atoms with Crippen LogP contribution in [0.5, 0.6) is 0 Å². The van der Waals surface area contributed by atoms with Gasteiger partial charge in [-0.25, -0.2) is 8.42 Å². The van der Waals surface area contributed by atoms with E-state index in [-0.39, 0.29) is 48.9 Å². The Kier molecular flexibility index (Phi) is 5.93. The zero-order valence-corrected chi connectivity index (χ0v) is 12.1. The van der Waals surface area contributed by atoms with Gasteiger partial charge in [-0.05, 0) is 6.42 Å². The highest BCUT2D eigenvalue weighted by molar-refractivity contribution is 7.91. The van der Waals surface area contributed by atoms with Gasteiger partial charge in [0.05, 0.1) is 18.1 Å². The number of hydrogen-bond acceptors (Lipinski definition) is 5.